The fourth-order valence-electron chi connectivity index (χ4n) is 1.98. The van der Waals surface area contributed by atoms with E-state index in [9.17, 15) is 4.39 Å². The van der Waals surface area contributed by atoms with E-state index in [-0.39, 0.29) is 11.9 Å². The lowest BCUT2D eigenvalue weighted by Crippen LogP contribution is -2.18. The molecule has 1 saturated heterocycles. The SMILES string of the molecule is CC1CCC(COc2ccc(F)cc2CBr)O1. The second kappa shape index (κ2) is 5.83. The molecule has 2 rings (SSSR count). The molecule has 1 heterocycles. The van der Waals surface area contributed by atoms with Crippen molar-refractivity contribution >= 4 is 15.9 Å². The zero-order valence-corrected chi connectivity index (χ0v) is 11.4. The van der Waals surface area contributed by atoms with E-state index in [4.69, 9.17) is 9.47 Å². The Labute approximate surface area is 109 Å². The molecule has 1 aliphatic heterocycles. The van der Waals surface area contributed by atoms with Crippen molar-refractivity contribution in [3.63, 3.8) is 0 Å². The summed E-state index contributed by atoms with van der Waals surface area (Å²) in [4.78, 5) is 0. The number of ether oxygens (including phenoxy) is 2. The van der Waals surface area contributed by atoms with Gasteiger partial charge in [0.05, 0.1) is 12.2 Å². The first-order valence-corrected chi connectivity index (χ1v) is 6.94. The third-order valence-corrected chi connectivity index (χ3v) is 3.52. The molecular formula is C13H16BrFO2. The highest BCUT2D eigenvalue weighted by molar-refractivity contribution is 9.08. The van der Waals surface area contributed by atoms with Crippen LogP contribution in [0.4, 0.5) is 4.39 Å². The number of halogens is 2. The van der Waals surface area contributed by atoms with E-state index in [2.05, 4.69) is 22.9 Å². The Morgan fingerprint density at radius 3 is 2.94 bits per heavy atom. The molecule has 2 unspecified atom stereocenters. The van der Waals surface area contributed by atoms with Crippen molar-refractivity contribution in [2.45, 2.75) is 37.3 Å². The van der Waals surface area contributed by atoms with E-state index in [1.165, 1.54) is 12.1 Å². The van der Waals surface area contributed by atoms with Crippen LogP contribution in [0, 0.1) is 5.82 Å². The molecule has 0 bridgehead atoms. The van der Waals surface area contributed by atoms with Crippen LogP contribution in [0.5, 0.6) is 5.75 Å². The normalized spacial score (nSPS) is 23.9. The van der Waals surface area contributed by atoms with Gasteiger partial charge in [0.25, 0.3) is 0 Å². The van der Waals surface area contributed by atoms with E-state index in [0.29, 0.717) is 18.0 Å². The highest BCUT2D eigenvalue weighted by Gasteiger charge is 2.22. The predicted octanol–water partition coefficient (Wildman–Crippen LogP) is 3.67. The van der Waals surface area contributed by atoms with E-state index < -0.39 is 0 Å². The highest BCUT2D eigenvalue weighted by Crippen LogP contribution is 2.24. The molecule has 4 heteroatoms. The summed E-state index contributed by atoms with van der Waals surface area (Å²) in [5.41, 5.74) is 0.830. The summed E-state index contributed by atoms with van der Waals surface area (Å²) in [5.74, 6) is 0.490. The van der Waals surface area contributed by atoms with Gasteiger partial charge in [-0.1, -0.05) is 15.9 Å². The molecule has 1 aromatic rings. The number of alkyl halides is 1. The molecule has 94 valence electrons. The lowest BCUT2D eigenvalue weighted by atomic mass is 10.2. The minimum absolute atomic E-state index is 0.165. The van der Waals surface area contributed by atoms with E-state index >= 15 is 0 Å². The molecule has 1 aliphatic rings. The maximum atomic E-state index is 13.0. The zero-order valence-electron chi connectivity index (χ0n) is 9.79. The van der Waals surface area contributed by atoms with Crippen molar-refractivity contribution in [3.8, 4) is 5.75 Å². The van der Waals surface area contributed by atoms with Crippen LogP contribution in [-0.4, -0.2) is 18.8 Å². The Morgan fingerprint density at radius 2 is 2.29 bits per heavy atom. The van der Waals surface area contributed by atoms with Crippen LogP contribution in [0.1, 0.15) is 25.3 Å². The largest absolute Gasteiger partial charge is 0.491 e. The maximum Gasteiger partial charge on any atom is 0.123 e. The Bertz CT molecular complexity index is 384. The van der Waals surface area contributed by atoms with Gasteiger partial charge in [0, 0.05) is 10.9 Å². The average Bonchev–Trinajstić information content (AvgIpc) is 2.73. The van der Waals surface area contributed by atoms with E-state index in [0.717, 1.165) is 24.2 Å². The van der Waals surface area contributed by atoms with Gasteiger partial charge in [0.1, 0.15) is 18.2 Å². The lowest BCUT2D eigenvalue weighted by molar-refractivity contribution is 0.0263. The summed E-state index contributed by atoms with van der Waals surface area (Å²) >= 11 is 3.33. The van der Waals surface area contributed by atoms with Crippen molar-refractivity contribution < 1.29 is 13.9 Å². The maximum absolute atomic E-state index is 13.0. The van der Waals surface area contributed by atoms with Crippen molar-refractivity contribution in [2.75, 3.05) is 6.61 Å². The molecule has 17 heavy (non-hydrogen) atoms. The molecule has 1 aromatic carbocycles. The van der Waals surface area contributed by atoms with Gasteiger partial charge >= 0.3 is 0 Å². The molecule has 1 fully saturated rings. The summed E-state index contributed by atoms with van der Waals surface area (Å²) in [5, 5.41) is 0.585. The third kappa shape index (κ3) is 3.42. The van der Waals surface area contributed by atoms with Gasteiger partial charge in [0.2, 0.25) is 0 Å². The van der Waals surface area contributed by atoms with Crippen LogP contribution in [0.3, 0.4) is 0 Å². The topological polar surface area (TPSA) is 18.5 Å². The van der Waals surface area contributed by atoms with Gasteiger partial charge in [-0.25, -0.2) is 4.39 Å². The van der Waals surface area contributed by atoms with Crippen LogP contribution >= 0.6 is 15.9 Å². The molecule has 2 nitrogen and oxygen atoms in total. The number of hydrogen-bond donors (Lipinski definition) is 0. The van der Waals surface area contributed by atoms with Gasteiger partial charge in [-0.05, 0) is 38.0 Å². The molecule has 0 N–H and O–H groups in total. The molecule has 0 aromatic heterocycles. The van der Waals surface area contributed by atoms with Gasteiger partial charge in [-0.3, -0.25) is 0 Å². The molecule has 0 spiro atoms. The van der Waals surface area contributed by atoms with Gasteiger partial charge in [-0.2, -0.15) is 0 Å². The quantitative estimate of drug-likeness (QED) is 0.790. The number of hydrogen-bond acceptors (Lipinski definition) is 2. The summed E-state index contributed by atoms with van der Waals surface area (Å²) in [6, 6.07) is 4.58. The van der Waals surface area contributed by atoms with E-state index in [1.807, 2.05) is 0 Å². The van der Waals surface area contributed by atoms with Crippen LogP contribution < -0.4 is 4.74 Å². The third-order valence-electron chi connectivity index (χ3n) is 2.91. The van der Waals surface area contributed by atoms with Crippen LogP contribution in [0.2, 0.25) is 0 Å². The standard InChI is InChI=1S/C13H16BrFO2/c1-9-2-4-12(17-9)8-16-13-5-3-11(15)6-10(13)7-14/h3,5-6,9,12H,2,4,7-8H2,1H3. The lowest BCUT2D eigenvalue weighted by Gasteiger charge is -2.14. The number of benzene rings is 1. The Kier molecular flexibility index (Phi) is 4.40. The number of rotatable bonds is 4. The van der Waals surface area contributed by atoms with Crippen molar-refractivity contribution in [2.24, 2.45) is 0 Å². The second-order valence-electron chi connectivity index (χ2n) is 4.34. The van der Waals surface area contributed by atoms with Crippen LogP contribution in [-0.2, 0) is 10.1 Å². The summed E-state index contributed by atoms with van der Waals surface area (Å²) < 4.78 is 24.4. The molecular weight excluding hydrogens is 287 g/mol. The fraction of sp³-hybridized carbons (Fsp3) is 0.538. The summed E-state index contributed by atoms with van der Waals surface area (Å²) in [6.45, 7) is 2.61. The fourth-order valence-corrected chi connectivity index (χ4v) is 2.42. The minimum atomic E-state index is -0.238. The minimum Gasteiger partial charge on any atom is -0.491 e. The van der Waals surface area contributed by atoms with Gasteiger partial charge in [-0.15, -0.1) is 0 Å². The Hall–Kier alpha value is -0.610. The summed E-state index contributed by atoms with van der Waals surface area (Å²) in [7, 11) is 0. The van der Waals surface area contributed by atoms with E-state index in [1.54, 1.807) is 6.07 Å². The monoisotopic (exact) mass is 302 g/mol. The Morgan fingerprint density at radius 1 is 1.47 bits per heavy atom. The molecule has 0 amide bonds. The predicted molar refractivity (Wildman–Crippen MR) is 68.1 cm³/mol. The van der Waals surface area contributed by atoms with Gasteiger partial charge in [0.15, 0.2) is 0 Å². The van der Waals surface area contributed by atoms with Crippen LogP contribution in [0.15, 0.2) is 18.2 Å². The molecule has 0 radical (unpaired) electrons. The molecule has 0 saturated carbocycles. The first-order chi connectivity index (χ1) is 8.19. The molecule has 2 atom stereocenters. The second-order valence-corrected chi connectivity index (χ2v) is 4.90. The first-order valence-electron chi connectivity index (χ1n) is 5.81. The highest BCUT2D eigenvalue weighted by atomic mass is 79.9. The average molecular weight is 303 g/mol. The van der Waals surface area contributed by atoms with Crippen molar-refractivity contribution in [3.05, 3.63) is 29.6 Å². The Balaban J connectivity index is 1.94. The van der Waals surface area contributed by atoms with Crippen molar-refractivity contribution in [1.29, 1.82) is 0 Å². The van der Waals surface area contributed by atoms with Crippen molar-refractivity contribution in [1.82, 2.24) is 0 Å². The molecule has 0 aliphatic carbocycles. The van der Waals surface area contributed by atoms with Crippen LogP contribution in [0.25, 0.3) is 0 Å². The smallest absolute Gasteiger partial charge is 0.123 e. The van der Waals surface area contributed by atoms with Gasteiger partial charge < -0.3 is 9.47 Å². The zero-order chi connectivity index (χ0) is 12.3. The summed E-state index contributed by atoms with van der Waals surface area (Å²) in [6.07, 6.45) is 2.61. The first kappa shape index (κ1) is 12.8.